The zero-order valence-corrected chi connectivity index (χ0v) is 26.5. The lowest BCUT2D eigenvalue weighted by molar-refractivity contribution is -0.146. The standard InChI is InChI=1S/C31H39ClFN9O3/c1-31(6-11-45-30(31)44)17-41(3)28-25(15-24(38-39-28)22-14-20(32)4-5-23(22)33)36-26-16-27(35-18-34-26)37-29(43)19-12-21(13-19)42-9-7-40(2)8-10-42/h4-5,14-16,18-19,21,28,38-39H,6-13,17H2,1-3H3,(H,34,35,37,43). The molecule has 2 atom stereocenters. The quantitative estimate of drug-likeness (QED) is 0.371. The number of likely N-dealkylation sites (N-methyl/N-ethyl adjacent to an activating group) is 1. The molecule has 1 aromatic heterocycles. The number of carbonyl (C=O) groups is 2. The monoisotopic (exact) mass is 639 g/mol. The molecule has 45 heavy (non-hydrogen) atoms. The minimum Gasteiger partial charge on any atom is -0.465 e. The Balaban J connectivity index is 1.20. The number of aliphatic imine (C=N–C) groups is 1. The number of ether oxygens (including phenoxy) is 1. The summed E-state index contributed by atoms with van der Waals surface area (Å²) in [4.78, 5) is 45.6. The third kappa shape index (κ3) is 7.02. The van der Waals surface area contributed by atoms with Crippen LogP contribution in [0.15, 0.2) is 41.7 Å². The minimum atomic E-state index is -0.679. The average molecular weight is 640 g/mol. The number of hydrogen-bond acceptors (Lipinski definition) is 11. The van der Waals surface area contributed by atoms with Crippen LogP contribution < -0.4 is 16.2 Å². The molecule has 12 nitrogen and oxygen atoms in total. The third-order valence-corrected chi connectivity index (χ3v) is 9.47. The van der Waals surface area contributed by atoms with E-state index in [4.69, 9.17) is 21.3 Å². The van der Waals surface area contributed by atoms with E-state index in [2.05, 4.69) is 43.0 Å². The number of rotatable bonds is 8. The van der Waals surface area contributed by atoms with E-state index in [1.54, 1.807) is 12.1 Å². The van der Waals surface area contributed by atoms with E-state index >= 15 is 0 Å². The second kappa shape index (κ2) is 13.1. The van der Waals surface area contributed by atoms with Crippen LogP contribution in [0.5, 0.6) is 0 Å². The average Bonchev–Trinajstić information content (AvgIpc) is 3.31. The molecule has 1 aliphatic carbocycles. The summed E-state index contributed by atoms with van der Waals surface area (Å²) in [6.45, 7) is 6.83. The Hall–Kier alpha value is -3.49. The maximum Gasteiger partial charge on any atom is 0.313 e. The fourth-order valence-corrected chi connectivity index (χ4v) is 6.49. The van der Waals surface area contributed by atoms with Crippen LogP contribution in [-0.4, -0.2) is 108 Å². The van der Waals surface area contributed by atoms with E-state index < -0.39 is 17.4 Å². The van der Waals surface area contributed by atoms with Crippen LogP contribution in [0.1, 0.15) is 31.7 Å². The van der Waals surface area contributed by atoms with Crippen LogP contribution in [0.4, 0.5) is 16.0 Å². The van der Waals surface area contributed by atoms with E-state index in [-0.39, 0.29) is 23.4 Å². The van der Waals surface area contributed by atoms with Crippen molar-refractivity contribution in [2.24, 2.45) is 16.3 Å². The summed E-state index contributed by atoms with van der Waals surface area (Å²) in [5.41, 5.74) is 6.78. The second-order valence-corrected chi connectivity index (χ2v) is 13.1. The molecule has 3 fully saturated rings. The minimum absolute atomic E-state index is 0.0610. The van der Waals surface area contributed by atoms with Gasteiger partial charge in [0.2, 0.25) is 5.91 Å². The van der Waals surface area contributed by atoms with E-state index in [1.165, 1.54) is 24.5 Å². The molecule has 3 aliphatic heterocycles. The number of nitrogens with zero attached hydrogens (tertiary/aromatic N) is 6. The molecule has 6 rings (SSSR count). The SMILES string of the molecule is CN1CCN(C2CC(C(=O)Nc3cc(N=C4C=C(c5cc(Cl)ccc5F)NNC4N(C)CC4(C)CCOC4=O)ncn3)C2)CC1. The van der Waals surface area contributed by atoms with Gasteiger partial charge in [-0.2, -0.15) is 0 Å². The molecule has 4 aliphatic rings. The first-order valence-corrected chi connectivity index (χ1v) is 15.7. The van der Waals surface area contributed by atoms with Crippen molar-refractivity contribution in [2.75, 3.05) is 58.7 Å². The number of hydrazine groups is 1. The lowest BCUT2D eigenvalue weighted by Crippen LogP contribution is -2.58. The molecule has 3 N–H and O–H groups in total. The summed E-state index contributed by atoms with van der Waals surface area (Å²) in [5.74, 6) is -0.149. The van der Waals surface area contributed by atoms with Crippen molar-refractivity contribution in [3.8, 4) is 0 Å². The van der Waals surface area contributed by atoms with Crippen molar-refractivity contribution >= 4 is 46.5 Å². The molecule has 4 heterocycles. The molecular weight excluding hydrogens is 601 g/mol. The van der Waals surface area contributed by atoms with Crippen molar-refractivity contribution in [2.45, 2.75) is 38.4 Å². The van der Waals surface area contributed by atoms with Crippen LogP contribution in [0, 0.1) is 17.2 Å². The number of anilines is 1. The molecule has 1 saturated carbocycles. The molecule has 1 amide bonds. The van der Waals surface area contributed by atoms with Gasteiger partial charge >= 0.3 is 5.97 Å². The molecule has 2 saturated heterocycles. The van der Waals surface area contributed by atoms with Gasteiger partial charge in [0, 0.05) is 61.3 Å². The molecular formula is C31H39ClFN9O3. The van der Waals surface area contributed by atoms with Gasteiger partial charge in [-0.3, -0.25) is 19.4 Å². The topological polar surface area (TPSA) is 127 Å². The number of amides is 1. The van der Waals surface area contributed by atoms with Gasteiger partial charge in [0.1, 0.15) is 24.1 Å². The summed E-state index contributed by atoms with van der Waals surface area (Å²) in [7, 11) is 4.00. The van der Waals surface area contributed by atoms with Crippen LogP contribution in [0.25, 0.3) is 5.70 Å². The predicted octanol–water partition coefficient (Wildman–Crippen LogP) is 2.67. The number of cyclic esters (lactones) is 1. The van der Waals surface area contributed by atoms with Gasteiger partial charge in [-0.05, 0) is 64.6 Å². The zero-order chi connectivity index (χ0) is 31.7. The Bertz CT molecular complexity index is 1510. The smallest absolute Gasteiger partial charge is 0.313 e. The van der Waals surface area contributed by atoms with E-state index in [0.29, 0.717) is 53.7 Å². The van der Waals surface area contributed by atoms with Crippen molar-refractivity contribution in [1.82, 2.24) is 35.5 Å². The third-order valence-electron chi connectivity index (χ3n) is 9.24. The van der Waals surface area contributed by atoms with Crippen LogP contribution in [0.3, 0.4) is 0 Å². The highest BCUT2D eigenvalue weighted by Crippen LogP contribution is 2.34. The molecule has 1 aromatic carbocycles. The number of nitrogens with one attached hydrogen (secondary N) is 3. The Morgan fingerprint density at radius 1 is 1.24 bits per heavy atom. The van der Waals surface area contributed by atoms with Crippen molar-refractivity contribution in [1.29, 1.82) is 0 Å². The van der Waals surface area contributed by atoms with Gasteiger partial charge in [-0.1, -0.05) is 11.6 Å². The Kier molecular flexibility index (Phi) is 9.16. The number of hydrogen-bond donors (Lipinski definition) is 3. The molecule has 2 unspecified atom stereocenters. The Morgan fingerprint density at radius 3 is 2.76 bits per heavy atom. The number of esters is 1. The normalized spacial score (nSPS) is 28.4. The number of halogens is 2. The lowest BCUT2D eigenvalue weighted by Gasteiger charge is -2.45. The maximum atomic E-state index is 14.8. The Morgan fingerprint density at radius 2 is 2.02 bits per heavy atom. The summed E-state index contributed by atoms with van der Waals surface area (Å²) in [6.07, 6.45) is 4.83. The maximum absolute atomic E-state index is 14.8. The summed E-state index contributed by atoms with van der Waals surface area (Å²) < 4.78 is 20.1. The van der Waals surface area contributed by atoms with Crippen LogP contribution >= 0.6 is 11.6 Å². The first kappa shape index (κ1) is 31.5. The lowest BCUT2D eigenvalue weighted by atomic mass is 9.78. The first-order valence-electron chi connectivity index (χ1n) is 15.3. The molecule has 240 valence electrons. The van der Waals surface area contributed by atoms with Crippen LogP contribution in [-0.2, 0) is 14.3 Å². The van der Waals surface area contributed by atoms with E-state index in [0.717, 1.165) is 39.0 Å². The number of piperazine rings is 1. The van der Waals surface area contributed by atoms with Crippen molar-refractivity contribution in [3.05, 3.63) is 53.1 Å². The molecule has 0 bridgehead atoms. The highest BCUT2D eigenvalue weighted by Gasteiger charge is 2.43. The number of carbonyl (C=O) groups excluding carboxylic acids is 2. The van der Waals surface area contributed by atoms with Gasteiger partial charge in [-0.25, -0.2) is 24.8 Å². The highest BCUT2D eigenvalue weighted by atomic mass is 35.5. The highest BCUT2D eigenvalue weighted by molar-refractivity contribution is 6.30. The summed E-state index contributed by atoms with van der Waals surface area (Å²) in [5, 5.41) is 3.32. The van der Waals surface area contributed by atoms with Crippen molar-refractivity contribution < 1.29 is 18.7 Å². The van der Waals surface area contributed by atoms with Gasteiger partial charge in [-0.15, -0.1) is 0 Å². The predicted molar refractivity (Wildman–Crippen MR) is 169 cm³/mol. The fourth-order valence-electron chi connectivity index (χ4n) is 6.32. The molecule has 0 spiro atoms. The number of aromatic nitrogens is 2. The van der Waals surface area contributed by atoms with Gasteiger partial charge in [0.15, 0.2) is 5.82 Å². The van der Waals surface area contributed by atoms with Gasteiger partial charge < -0.3 is 20.4 Å². The molecule has 0 radical (unpaired) electrons. The van der Waals surface area contributed by atoms with Crippen LogP contribution in [0.2, 0.25) is 5.02 Å². The largest absolute Gasteiger partial charge is 0.465 e. The van der Waals surface area contributed by atoms with Gasteiger partial charge in [0.25, 0.3) is 0 Å². The number of benzene rings is 1. The van der Waals surface area contributed by atoms with Gasteiger partial charge in [0.05, 0.1) is 23.4 Å². The fraction of sp³-hybridized carbons (Fsp3) is 0.516. The summed E-state index contributed by atoms with van der Waals surface area (Å²) >= 11 is 6.17. The van der Waals surface area contributed by atoms with E-state index in [9.17, 15) is 14.0 Å². The van der Waals surface area contributed by atoms with Crippen molar-refractivity contribution in [3.63, 3.8) is 0 Å². The van der Waals surface area contributed by atoms with E-state index in [1.807, 2.05) is 18.9 Å². The molecule has 2 aromatic rings. The summed E-state index contributed by atoms with van der Waals surface area (Å²) in [6, 6.07) is 6.38. The zero-order valence-electron chi connectivity index (χ0n) is 25.7. The first-order chi connectivity index (χ1) is 21.6. The Labute approximate surface area is 267 Å². The second-order valence-electron chi connectivity index (χ2n) is 12.7. The molecule has 14 heteroatoms.